The second-order valence-electron chi connectivity index (χ2n) is 6.37. The van der Waals surface area contributed by atoms with Crippen LogP contribution in [0.5, 0.6) is 0 Å². The molecule has 6 heteroatoms. The summed E-state index contributed by atoms with van der Waals surface area (Å²) in [5.41, 5.74) is -0.0381. The Labute approximate surface area is 136 Å². The Hall–Kier alpha value is -1.75. The van der Waals surface area contributed by atoms with Crippen molar-refractivity contribution in [2.24, 2.45) is 5.92 Å². The molecule has 0 radical (unpaired) electrons. The van der Waals surface area contributed by atoms with Gasteiger partial charge in [0.1, 0.15) is 11.6 Å². The highest BCUT2D eigenvalue weighted by atomic mass is 35.5. The van der Waals surface area contributed by atoms with Crippen LogP contribution in [-0.4, -0.2) is 23.6 Å². The highest BCUT2D eigenvalue weighted by Gasteiger charge is 2.26. The number of rotatable bonds is 4. The Kier molecular flexibility index (Phi) is 6.23. The highest BCUT2D eigenvalue weighted by molar-refractivity contribution is 6.30. The molecule has 0 fully saturated rings. The molecule has 0 heterocycles. The number of hydrogen-bond acceptors (Lipinski definition) is 3. The first-order valence-electron chi connectivity index (χ1n) is 7.14. The minimum absolute atomic E-state index is 0.0910. The lowest BCUT2D eigenvalue weighted by atomic mass is 10.0. The molecule has 1 aromatic carbocycles. The fourth-order valence-corrected chi connectivity index (χ4v) is 1.95. The molecule has 0 aliphatic carbocycles. The van der Waals surface area contributed by atoms with Gasteiger partial charge < -0.3 is 15.4 Å². The molecule has 0 spiro atoms. The third-order valence-corrected chi connectivity index (χ3v) is 2.95. The van der Waals surface area contributed by atoms with Crippen LogP contribution < -0.4 is 10.6 Å². The second-order valence-corrected chi connectivity index (χ2v) is 6.80. The van der Waals surface area contributed by atoms with Gasteiger partial charge in [-0.1, -0.05) is 31.5 Å². The van der Waals surface area contributed by atoms with E-state index in [0.717, 1.165) is 0 Å². The molecule has 1 rings (SSSR count). The summed E-state index contributed by atoms with van der Waals surface area (Å²) in [5.74, 6) is -0.408. The summed E-state index contributed by atoms with van der Waals surface area (Å²) in [5, 5.41) is 5.87. The van der Waals surface area contributed by atoms with Gasteiger partial charge in [0.2, 0.25) is 5.91 Å². The molecule has 22 heavy (non-hydrogen) atoms. The van der Waals surface area contributed by atoms with E-state index in [1.165, 1.54) is 0 Å². The normalized spacial score (nSPS) is 12.7. The van der Waals surface area contributed by atoms with Crippen molar-refractivity contribution in [3.05, 3.63) is 29.3 Å². The van der Waals surface area contributed by atoms with E-state index in [0.29, 0.717) is 10.7 Å². The molecular weight excluding hydrogens is 304 g/mol. The lowest BCUT2D eigenvalue weighted by molar-refractivity contribution is -0.119. The fourth-order valence-electron chi connectivity index (χ4n) is 1.76. The molecule has 5 nitrogen and oxygen atoms in total. The van der Waals surface area contributed by atoms with E-state index in [-0.39, 0.29) is 11.8 Å². The van der Waals surface area contributed by atoms with Gasteiger partial charge in [0.05, 0.1) is 0 Å². The maximum Gasteiger partial charge on any atom is 0.408 e. The SMILES string of the molecule is CC(C)C(NC(=O)OC(C)(C)C)C(=O)Nc1cccc(Cl)c1. The van der Waals surface area contributed by atoms with Crippen molar-refractivity contribution in [2.75, 3.05) is 5.32 Å². The molecule has 0 aliphatic rings. The van der Waals surface area contributed by atoms with Gasteiger partial charge in [0.15, 0.2) is 0 Å². The number of benzene rings is 1. The number of nitrogens with one attached hydrogen (secondary N) is 2. The van der Waals surface area contributed by atoms with Crippen LogP contribution in [0.3, 0.4) is 0 Å². The van der Waals surface area contributed by atoms with E-state index < -0.39 is 17.7 Å². The third-order valence-electron chi connectivity index (χ3n) is 2.71. The van der Waals surface area contributed by atoms with E-state index in [9.17, 15) is 9.59 Å². The zero-order valence-electron chi connectivity index (χ0n) is 13.6. The van der Waals surface area contributed by atoms with Crippen molar-refractivity contribution in [3.63, 3.8) is 0 Å². The number of carbonyl (C=O) groups excluding carboxylic acids is 2. The molecule has 0 saturated heterocycles. The van der Waals surface area contributed by atoms with Crippen LogP contribution in [-0.2, 0) is 9.53 Å². The molecule has 0 aromatic heterocycles. The van der Waals surface area contributed by atoms with Crippen molar-refractivity contribution < 1.29 is 14.3 Å². The summed E-state index contributed by atoms with van der Waals surface area (Å²) in [4.78, 5) is 24.2. The maximum absolute atomic E-state index is 12.3. The molecule has 2 amide bonds. The molecule has 122 valence electrons. The standard InChI is InChI=1S/C16H23ClN2O3/c1-10(2)13(19-15(21)22-16(3,4)5)14(20)18-12-8-6-7-11(17)9-12/h6-10,13H,1-5H3,(H,18,20)(H,19,21). The van der Waals surface area contributed by atoms with Crippen molar-refractivity contribution in [2.45, 2.75) is 46.3 Å². The van der Waals surface area contributed by atoms with Gasteiger partial charge in [-0.3, -0.25) is 4.79 Å². The number of halogens is 1. The summed E-state index contributed by atoms with van der Waals surface area (Å²) in [7, 11) is 0. The molecule has 0 bridgehead atoms. The van der Waals surface area contributed by atoms with E-state index in [1.807, 2.05) is 13.8 Å². The average molecular weight is 327 g/mol. The fraction of sp³-hybridized carbons (Fsp3) is 0.500. The van der Waals surface area contributed by atoms with Gasteiger partial charge in [-0.15, -0.1) is 0 Å². The lowest BCUT2D eigenvalue weighted by Crippen LogP contribution is -2.48. The van der Waals surface area contributed by atoms with Gasteiger partial charge in [0.25, 0.3) is 0 Å². The molecule has 2 N–H and O–H groups in total. The Morgan fingerprint density at radius 3 is 2.36 bits per heavy atom. The molecule has 1 unspecified atom stereocenters. The Morgan fingerprint density at radius 1 is 1.23 bits per heavy atom. The minimum Gasteiger partial charge on any atom is -0.444 e. The van der Waals surface area contributed by atoms with Crippen LogP contribution in [0.4, 0.5) is 10.5 Å². The molecule has 1 aromatic rings. The monoisotopic (exact) mass is 326 g/mol. The van der Waals surface area contributed by atoms with Gasteiger partial charge >= 0.3 is 6.09 Å². The number of amides is 2. The van der Waals surface area contributed by atoms with Gasteiger partial charge in [-0.25, -0.2) is 4.79 Å². The first-order chi connectivity index (χ1) is 10.1. The topological polar surface area (TPSA) is 67.4 Å². The van der Waals surface area contributed by atoms with Crippen molar-refractivity contribution >= 4 is 29.3 Å². The van der Waals surface area contributed by atoms with Crippen LogP contribution in [0.25, 0.3) is 0 Å². The minimum atomic E-state index is -0.700. The largest absolute Gasteiger partial charge is 0.444 e. The number of carbonyl (C=O) groups is 2. The van der Waals surface area contributed by atoms with E-state index in [4.69, 9.17) is 16.3 Å². The van der Waals surface area contributed by atoms with Gasteiger partial charge in [0, 0.05) is 10.7 Å². The van der Waals surface area contributed by atoms with E-state index >= 15 is 0 Å². The number of alkyl carbamates (subject to hydrolysis) is 1. The number of hydrogen-bond donors (Lipinski definition) is 2. The van der Waals surface area contributed by atoms with Gasteiger partial charge in [-0.2, -0.15) is 0 Å². The lowest BCUT2D eigenvalue weighted by Gasteiger charge is -2.25. The Morgan fingerprint density at radius 2 is 1.86 bits per heavy atom. The second kappa shape index (κ2) is 7.49. The van der Waals surface area contributed by atoms with Crippen molar-refractivity contribution in [3.8, 4) is 0 Å². The zero-order chi connectivity index (χ0) is 16.9. The first-order valence-corrected chi connectivity index (χ1v) is 7.52. The Balaban J connectivity index is 2.74. The van der Waals surface area contributed by atoms with Crippen LogP contribution in [0.15, 0.2) is 24.3 Å². The van der Waals surface area contributed by atoms with Gasteiger partial charge in [-0.05, 0) is 44.9 Å². The summed E-state index contributed by atoms with van der Waals surface area (Å²) in [6.07, 6.45) is -0.618. The average Bonchev–Trinajstić information content (AvgIpc) is 2.33. The summed E-state index contributed by atoms with van der Waals surface area (Å²) in [6, 6.07) is 6.13. The van der Waals surface area contributed by atoms with Crippen LogP contribution >= 0.6 is 11.6 Å². The van der Waals surface area contributed by atoms with Crippen LogP contribution in [0.1, 0.15) is 34.6 Å². The molecular formula is C16H23ClN2O3. The molecule has 1 atom stereocenters. The summed E-state index contributed by atoms with van der Waals surface area (Å²) in [6.45, 7) is 8.99. The van der Waals surface area contributed by atoms with E-state index in [1.54, 1.807) is 45.0 Å². The number of ether oxygens (including phenoxy) is 1. The first kappa shape index (κ1) is 18.3. The van der Waals surface area contributed by atoms with E-state index in [2.05, 4.69) is 10.6 Å². The predicted octanol–water partition coefficient (Wildman–Crippen LogP) is 3.83. The van der Waals surface area contributed by atoms with Crippen LogP contribution in [0, 0.1) is 5.92 Å². The Bertz CT molecular complexity index is 538. The summed E-state index contributed by atoms with van der Waals surface area (Å²) < 4.78 is 5.19. The maximum atomic E-state index is 12.3. The van der Waals surface area contributed by atoms with Crippen molar-refractivity contribution in [1.82, 2.24) is 5.32 Å². The molecule has 0 aliphatic heterocycles. The summed E-state index contributed by atoms with van der Waals surface area (Å²) >= 11 is 5.89. The smallest absolute Gasteiger partial charge is 0.408 e. The zero-order valence-corrected chi connectivity index (χ0v) is 14.3. The van der Waals surface area contributed by atoms with Crippen molar-refractivity contribution in [1.29, 1.82) is 0 Å². The third kappa shape index (κ3) is 6.35. The molecule has 0 saturated carbocycles. The number of anilines is 1. The quantitative estimate of drug-likeness (QED) is 0.883. The highest BCUT2D eigenvalue weighted by Crippen LogP contribution is 2.16. The predicted molar refractivity (Wildman–Crippen MR) is 88.1 cm³/mol. The van der Waals surface area contributed by atoms with Crippen LogP contribution in [0.2, 0.25) is 5.02 Å².